The summed E-state index contributed by atoms with van der Waals surface area (Å²) in [7, 11) is 0. The van der Waals surface area contributed by atoms with Crippen LogP contribution in [0.1, 0.15) is 33.6 Å². The van der Waals surface area contributed by atoms with E-state index >= 15 is 0 Å². The van der Waals surface area contributed by atoms with E-state index in [2.05, 4.69) is 21.2 Å². The summed E-state index contributed by atoms with van der Waals surface area (Å²) in [4.78, 5) is 23.8. The Bertz CT molecular complexity index is 519. The zero-order valence-corrected chi connectivity index (χ0v) is 15.4. The van der Waals surface area contributed by atoms with Crippen molar-refractivity contribution in [3.8, 4) is 5.75 Å². The fraction of sp³-hybridized carbons (Fsp3) is 0.529. The molecule has 0 heterocycles. The summed E-state index contributed by atoms with van der Waals surface area (Å²) in [5.41, 5.74) is 0. The quantitative estimate of drug-likeness (QED) is 0.523. The number of hydrogen-bond donors (Lipinski definition) is 1. The number of amides is 1. The third kappa shape index (κ3) is 7.03. The van der Waals surface area contributed by atoms with Gasteiger partial charge in [0.1, 0.15) is 11.8 Å². The van der Waals surface area contributed by atoms with Crippen LogP contribution in [0.5, 0.6) is 5.75 Å². The Kier molecular flexibility index (Phi) is 8.69. The Hall–Kier alpha value is -1.56. The first-order chi connectivity index (χ1) is 11.0. The lowest BCUT2D eigenvalue weighted by Gasteiger charge is -2.20. The first kappa shape index (κ1) is 19.5. The van der Waals surface area contributed by atoms with Gasteiger partial charge in [0.25, 0.3) is 0 Å². The van der Waals surface area contributed by atoms with E-state index in [0.717, 1.165) is 10.2 Å². The van der Waals surface area contributed by atoms with E-state index in [-0.39, 0.29) is 17.8 Å². The van der Waals surface area contributed by atoms with Crippen molar-refractivity contribution in [1.29, 1.82) is 0 Å². The molecule has 0 bridgehead atoms. The first-order valence-electron chi connectivity index (χ1n) is 7.79. The molecule has 0 aliphatic rings. The third-order valence-corrected chi connectivity index (χ3v) is 3.82. The van der Waals surface area contributed by atoms with Gasteiger partial charge in [-0.3, -0.25) is 4.79 Å². The summed E-state index contributed by atoms with van der Waals surface area (Å²) in [5.74, 6) is 0.168. The normalized spacial score (nSPS) is 11.9. The van der Waals surface area contributed by atoms with Crippen molar-refractivity contribution < 1.29 is 19.1 Å². The highest BCUT2D eigenvalue weighted by Crippen LogP contribution is 2.23. The molecule has 0 spiro atoms. The molecule has 0 radical (unpaired) electrons. The average Bonchev–Trinajstić information content (AvgIpc) is 2.50. The number of esters is 1. The van der Waals surface area contributed by atoms with Gasteiger partial charge in [-0.1, -0.05) is 26.0 Å². The van der Waals surface area contributed by atoms with E-state index in [0.29, 0.717) is 26.1 Å². The maximum Gasteiger partial charge on any atom is 0.328 e. The Morgan fingerprint density at radius 1 is 1.26 bits per heavy atom. The second-order valence-electron chi connectivity index (χ2n) is 5.42. The Morgan fingerprint density at radius 3 is 2.57 bits per heavy atom. The van der Waals surface area contributed by atoms with Crippen LogP contribution in [0, 0.1) is 5.92 Å². The Morgan fingerprint density at radius 2 is 1.96 bits per heavy atom. The van der Waals surface area contributed by atoms with Gasteiger partial charge in [-0.25, -0.2) is 4.79 Å². The molecule has 1 N–H and O–H groups in total. The van der Waals surface area contributed by atoms with Crippen molar-refractivity contribution in [1.82, 2.24) is 5.32 Å². The molecular formula is C17H24BrNO4. The van der Waals surface area contributed by atoms with Gasteiger partial charge in [0.2, 0.25) is 5.91 Å². The average molecular weight is 386 g/mol. The van der Waals surface area contributed by atoms with E-state index in [9.17, 15) is 9.59 Å². The topological polar surface area (TPSA) is 64.6 Å². The highest BCUT2D eigenvalue weighted by molar-refractivity contribution is 9.10. The maximum atomic E-state index is 12.0. The molecule has 0 saturated heterocycles. The smallest absolute Gasteiger partial charge is 0.328 e. The summed E-state index contributed by atoms with van der Waals surface area (Å²) in [6.45, 7) is 6.23. The summed E-state index contributed by atoms with van der Waals surface area (Å²) >= 11 is 3.40. The lowest BCUT2D eigenvalue weighted by atomic mass is 10.0. The van der Waals surface area contributed by atoms with Crippen molar-refractivity contribution >= 4 is 27.8 Å². The lowest BCUT2D eigenvalue weighted by molar-refractivity contribution is -0.148. The number of hydrogen-bond acceptors (Lipinski definition) is 4. The third-order valence-electron chi connectivity index (χ3n) is 3.17. The van der Waals surface area contributed by atoms with Gasteiger partial charge in [0.15, 0.2) is 0 Å². The van der Waals surface area contributed by atoms with Gasteiger partial charge < -0.3 is 14.8 Å². The zero-order valence-electron chi connectivity index (χ0n) is 13.8. The van der Waals surface area contributed by atoms with Crippen molar-refractivity contribution in [2.75, 3.05) is 13.2 Å². The lowest BCUT2D eigenvalue weighted by Crippen LogP contribution is -2.45. The SMILES string of the molecule is CCOC(=O)C(NC(=O)CCCOc1ccccc1Br)C(C)C. The predicted molar refractivity (Wildman–Crippen MR) is 92.3 cm³/mol. The molecule has 1 atom stereocenters. The minimum atomic E-state index is -0.605. The molecular weight excluding hydrogens is 362 g/mol. The highest BCUT2D eigenvalue weighted by atomic mass is 79.9. The number of ether oxygens (including phenoxy) is 2. The van der Waals surface area contributed by atoms with Gasteiger partial charge >= 0.3 is 5.97 Å². The van der Waals surface area contributed by atoms with Gasteiger partial charge in [-0.05, 0) is 47.3 Å². The molecule has 23 heavy (non-hydrogen) atoms. The number of benzene rings is 1. The van der Waals surface area contributed by atoms with Crippen molar-refractivity contribution in [3.05, 3.63) is 28.7 Å². The standard InChI is InChI=1S/C17H24BrNO4/c1-4-22-17(21)16(12(2)3)19-15(20)10-7-11-23-14-9-6-5-8-13(14)18/h5-6,8-9,12,16H,4,7,10-11H2,1-3H3,(H,19,20). The molecule has 0 aliphatic heterocycles. The maximum absolute atomic E-state index is 12.0. The van der Waals surface area contributed by atoms with E-state index in [1.54, 1.807) is 6.92 Å². The minimum absolute atomic E-state index is 0.0190. The minimum Gasteiger partial charge on any atom is -0.492 e. The fourth-order valence-corrected chi connectivity index (χ4v) is 2.35. The Balaban J connectivity index is 2.35. The van der Waals surface area contributed by atoms with Crippen LogP contribution in [0.15, 0.2) is 28.7 Å². The molecule has 0 saturated carbocycles. The van der Waals surface area contributed by atoms with E-state index in [1.807, 2.05) is 38.1 Å². The molecule has 5 nitrogen and oxygen atoms in total. The summed E-state index contributed by atoms with van der Waals surface area (Å²) in [5, 5.41) is 2.73. The molecule has 1 amide bonds. The number of carbonyl (C=O) groups is 2. The number of halogens is 1. The predicted octanol–water partition coefficient (Wildman–Crippen LogP) is 3.31. The van der Waals surface area contributed by atoms with Gasteiger partial charge in [-0.2, -0.15) is 0 Å². The van der Waals surface area contributed by atoms with Crippen molar-refractivity contribution in [2.45, 2.75) is 39.7 Å². The van der Waals surface area contributed by atoms with Crippen LogP contribution >= 0.6 is 15.9 Å². The monoisotopic (exact) mass is 385 g/mol. The van der Waals surface area contributed by atoms with Crippen LogP contribution in [0.2, 0.25) is 0 Å². The number of para-hydroxylation sites is 1. The number of carbonyl (C=O) groups excluding carboxylic acids is 2. The van der Waals surface area contributed by atoms with Crippen LogP contribution in [0.3, 0.4) is 0 Å². The largest absolute Gasteiger partial charge is 0.492 e. The van der Waals surface area contributed by atoms with Gasteiger partial charge in [0, 0.05) is 6.42 Å². The van der Waals surface area contributed by atoms with Crippen LogP contribution in [0.25, 0.3) is 0 Å². The van der Waals surface area contributed by atoms with Crippen molar-refractivity contribution in [2.24, 2.45) is 5.92 Å². The molecule has 1 unspecified atom stereocenters. The molecule has 0 aliphatic carbocycles. The Labute approximate surface area is 145 Å². The second-order valence-corrected chi connectivity index (χ2v) is 6.28. The first-order valence-corrected chi connectivity index (χ1v) is 8.58. The highest BCUT2D eigenvalue weighted by Gasteiger charge is 2.25. The number of rotatable bonds is 9. The second kappa shape index (κ2) is 10.3. The van der Waals surface area contributed by atoms with E-state index < -0.39 is 6.04 Å². The molecule has 0 aromatic heterocycles. The molecule has 0 fully saturated rings. The van der Waals surface area contributed by atoms with Crippen LogP contribution < -0.4 is 10.1 Å². The molecule has 1 aromatic carbocycles. The summed E-state index contributed by atoms with van der Waals surface area (Å²) in [6, 6.07) is 6.95. The molecule has 6 heteroatoms. The summed E-state index contributed by atoms with van der Waals surface area (Å²) < 4.78 is 11.5. The van der Waals surface area contributed by atoms with Crippen molar-refractivity contribution in [3.63, 3.8) is 0 Å². The zero-order chi connectivity index (χ0) is 17.2. The van der Waals surface area contributed by atoms with Crippen LogP contribution in [-0.4, -0.2) is 31.1 Å². The summed E-state index contributed by atoms with van der Waals surface area (Å²) in [6.07, 6.45) is 0.869. The number of nitrogens with one attached hydrogen (secondary N) is 1. The van der Waals surface area contributed by atoms with Crippen LogP contribution in [-0.2, 0) is 14.3 Å². The molecule has 1 rings (SSSR count). The fourth-order valence-electron chi connectivity index (χ4n) is 1.95. The van der Waals surface area contributed by atoms with E-state index in [1.165, 1.54) is 0 Å². The van der Waals surface area contributed by atoms with Crippen LogP contribution in [0.4, 0.5) is 0 Å². The van der Waals surface area contributed by atoms with E-state index in [4.69, 9.17) is 9.47 Å². The molecule has 1 aromatic rings. The van der Waals surface area contributed by atoms with Gasteiger partial charge in [-0.15, -0.1) is 0 Å². The molecule has 128 valence electrons. The van der Waals surface area contributed by atoms with Gasteiger partial charge in [0.05, 0.1) is 17.7 Å².